The summed E-state index contributed by atoms with van der Waals surface area (Å²) in [7, 11) is 0. The summed E-state index contributed by atoms with van der Waals surface area (Å²) in [6.07, 6.45) is -3.47. The summed E-state index contributed by atoms with van der Waals surface area (Å²) >= 11 is 0. The lowest BCUT2D eigenvalue weighted by Gasteiger charge is -2.60. The van der Waals surface area contributed by atoms with Crippen LogP contribution in [0.25, 0.3) is 0 Å². The first-order valence-electron chi connectivity index (χ1n) is 14.4. The maximum absolute atomic E-state index is 13.1. The standard InChI is InChI=1S/C33H42O9/c1-17-24(37)16-23-28(39-19(3)34)27-18(2)25(42-31(38)22-12-10-9-11-13-22)14-15-33(27,8)30(41-21(5)36)29(40-20(4)35)26(17)32(23,6)7/h9-13,23-25,27-30,37H,2,14-16H2,1,3-8H3/t23-,24-,25-,27-,28+,29+,30-,33+/m0/s1. The Morgan fingerprint density at radius 1 is 0.905 bits per heavy atom. The van der Waals surface area contributed by atoms with Gasteiger partial charge >= 0.3 is 23.9 Å². The van der Waals surface area contributed by atoms with Gasteiger partial charge in [0.2, 0.25) is 0 Å². The van der Waals surface area contributed by atoms with Crippen molar-refractivity contribution in [3.05, 3.63) is 59.2 Å². The second kappa shape index (κ2) is 11.7. The van der Waals surface area contributed by atoms with E-state index >= 15 is 0 Å². The minimum atomic E-state index is -1.01. The largest absolute Gasteiger partial charge is 0.462 e. The van der Waals surface area contributed by atoms with Crippen LogP contribution in [0, 0.1) is 22.7 Å². The predicted octanol–water partition coefficient (Wildman–Crippen LogP) is 4.72. The molecule has 3 aliphatic carbocycles. The lowest BCUT2D eigenvalue weighted by molar-refractivity contribution is -0.203. The Morgan fingerprint density at radius 3 is 2.07 bits per heavy atom. The van der Waals surface area contributed by atoms with E-state index in [0.717, 1.165) is 0 Å². The zero-order valence-electron chi connectivity index (χ0n) is 25.5. The summed E-state index contributed by atoms with van der Waals surface area (Å²) in [5.41, 5.74) is 0.457. The third-order valence-corrected chi connectivity index (χ3v) is 9.57. The van der Waals surface area contributed by atoms with E-state index in [-0.39, 0.29) is 6.42 Å². The van der Waals surface area contributed by atoms with E-state index in [1.165, 1.54) is 20.8 Å². The second-order valence-electron chi connectivity index (χ2n) is 12.7. The molecule has 0 radical (unpaired) electrons. The Hall–Kier alpha value is -3.46. The third-order valence-electron chi connectivity index (χ3n) is 9.57. The van der Waals surface area contributed by atoms with Crippen LogP contribution in [0.2, 0.25) is 0 Å². The van der Waals surface area contributed by atoms with E-state index in [4.69, 9.17) is 18.9 Å². The van der Waals surface area contributed by atoms with Crippen molar-refractivity contribution < 1.29 is 43.2 Å². The summed E-state index contributed by atoms with van der Waals surface area (Å²) in [5.74, 6) is -3.28. The summed E-state index contributed by atoms with van der Waals surface area (Å²) < 4.78 is 24.1. The smallest absolute Gasteiger partial charge is 0.338 e. The van der Waals surface area contributed by atoms with E-state index < -0.39 is 77.1 Å². The van der Waals surface area contributed by atoms with Crippen LogP contribution >= 0.6 is 0 Å². The molecule has 0 heterocycles. The number of ether oxygens (including phenoxy) is 4. The Kier molecular flexibility index (Phi) is 8.74. The Labute approximate surface area is 247 Å². The number of carbonyl (C=O) groups excluding carboxylic acids is 4. The average molecular weight is 583 g/mol. The molecule has 4 rings (SSSR count). The van der Waals surface area contributed by atoms with E-state index in [1.807, 2.05) is 20.8 Å². The quantitative estimate of drug-likeness (QED) is 0.298. The first kappa shape index (κ1) is 31.5. The van der Waals surface area contributed by atoms with Gasteiger partial charge in [0.05, 0.1) is 11.7 Å². The number of carbonyl (C=O) groups is 4. The Bertz CT molecular complexity index is 1300. The fraction of sp³-hybridized carbons (Fsp3) is 0.576. The van der Waals surface area contributed by atoms with E-state index in [1.54, 1.807) is 37.3 Å². The lowest BCUT2D eigenvalue weighted by Crippen LogP contribution is -2.64. The van der Waals surface area contributed by atoms with Gasteiger partial charge < -0.3 is 24.1 Å². The molecule has 0 saturated heterocycles. The summed E-state index contributed by atoms with van der Waals surface area (Å²) in [6, 6.07) is 8.63. The molecule has 2 saturated carbocycles. The van der Waals surface area contributed by atoms with Gasteiger partial charge in [-0.05, 0) is 60.5 Å². The Morgan fingerprint density at radius 2 is 1.50 bits per heavy atom. The molecule has 0 amide bonds. The fourth-order valence-electron chi connectivity index (χ4n) is 7.70. The SMILES string of the molecule is C=C1[C@@H](OC(=O)c2ccccc2)CC[C@@]2(C)[C@@H](OC(C)=O)[C@H](OC(C)=O)C3=C(C)[C@@H](O)C[C@@H]([C@@H](OC(C)=O)[C@H]12)C3(C)C. The number of aliphatic hydroxyl groups excluding tert-OH is 1. The molecular weight excluding hydrogens is 540 g/mol. The number of aliphatic hydroxyl groups is 1. The number of hydrogen-bond acceptors (Lipinski definition) is 9. The van der Waals surface area contributed by atoms with Gasteiger partial charge in [0, 0.05) is 38.0 Å². The molecular formula is C33H42O9. The number of rotatable bonds is 5. The zero-order valence-corrected chi connectivity index (χ0v) is 25.5. The highest BCUT2D eigenvalue weighted by Crippen LogP contribution is 2.61. The van der Waals surface area contributed by atoms with Crippen molar-refractivity contribution in [2.24, 2.45) is 22.7 Å². The lowest BCUT2D eigenvalue weighted by atomic mass is 9.49. The van der Waals surface area contributed by atoms with Gasteiger partial charge in [0.1, 0.15) is 18.3 Å². The van der Waals surface area contributed by atoms with Crippen LogP contribution in [-0.2, 0) is 33.3 Å². The fourth-order valence-corrected chi connectivity index (χ4v) is 7.70. The average Bonchev–Trinajstić information content (AvgIpc) is 2.89. The molecule has 0 aromatic heterocycles. The monoisotopic (exact) mass is 582 g/mol. The molecule has 42 heavy (non-hydrogen) atoms. The van der Waals surface area contributed by atoms with Gasteiger partial charge in [-0.1, -0.05) is 45.5 Å². The van der Waals surface area contributed by atoms with Crippen molar-refractivity contribution in [1.29, 1.82) is 0 Å². The van der Waals surface area contributed by atoms with Crippen LogP contribution in [0.5, 0.6) is 0 Å². The van der Waals surface area contributed by atoms with Crippen LogP contribution in [0.15, 0.2) is 53.6 Å². The molecule has 0 spiro atoms. The maximum Gasteiger partial charge on any atom is 0.338 e. The summed E-state index contributed by atoms with van der Waals surface area (Å²) in [4.78, 5) is 51.0. The molecule has 2 bridgehead atoms. The normalized spacial score (nSPS) is 33.8. The minimum absolute atomic E-state index is 0.277. The van der Waals surface area contributed by atoms with E-state index in [0.29, 0.717) is 35.1 Å². The molecule has 8 atom stereocenters. The highest BCUT2D eigenvalue weighted by molar-refractivity contribution is 5.89. The predicted molar refractivity (Wildman–Crippen MR) is 153 cm³/mol. The number of fused-ring (bicyclic) bond motifs is 3. The van der Waals surface area contributed by atoms with Crippen molar-refractivity contribution in [3.63, 3.8) is 0 Å². The first-order valence-corrected chi connectivity index (χ1v) is 14.4. The number of benzene rings is 1. The first-order chi connectivity index (χ1) is 19.6. The van der Waals surface area contributed by atoms with E-state index in [9.17, 15) is 24.3 Å². The molecule has 1 N–H and O–H groups in total. The molecule has 3 aliphatic rings. The highest BCUT2D eigenvalue weighted by atomic mass is 16.6. The maximum atomic E-state index is 13.1. The topological polar surface area (TPSA) is 125 Å². The van der Waals surface area contributed by atoms with Gasteiger partial charge in [0.15, 0.2) is 6.10 Å². The number of esters is 4. The van der Waals surface area contributed by atoms with Crippen molar-refractivity contribution in [1.82, 2.24) is 0 Å². The van der Waals surface area contributed by atoms with Crippen LogP contribution in [-0.4, -0.2) is 59.5 Å². The van der Waals surface area contributed by atoms with Crippen LogP contribution in [0.1, 0.15) is 78.1 Å². The van der Waals surface area contributed by atoms with Gasteiger partial charge in [0.25, 0.3) is 0 Å². The third kappa shape index (κ3) is 5.63. The van der Waals surface area contributed by atoms with Crippen molar-refractivity contribution >= 4 is 23.9 Å². The molecule has 0 unspecified atom stereocenters. The van der Waals surface area contributed by atoms with Gasteiger partial charge in [-0.3, -0.25) is 14.4 Å². The summed E-state index contributed by atoms with van der Waals surface area (Å²) in [6.45, 7) is 15.9. The van der Waals surface area contributed by atoms with Crippen LogP contribution in [0.4, 0.5) is 0 Å². The Balaban J connectivity index is 1.93. The van der Waals surface area contributed by atoms with Gasteiger partial charge in [-0.25, -0.2) is 4.79 Å². The molecule has 9 nitrogen and oxygen atoms in total. The van der Waals surface area contributed by atoms with Crippen LogP contribution < -0.4 is 0 Å². The molecule has 1 aromatic carbocycles. The van der Waals surface area contributed by atoms with Crippen molar-refractivity contribution in [2.75, 3.05) is 0 Å². The molecule has 2 fully saturated rings. The molecule has 9 heteroatoms. The highest BCUT2D eigenvalue weighted by Gasteiger charge is 2.64. The van der Waals surface area contributed by atoms with Gasteiger partial charge in [-0.15, -0.1) is 0 Å². The molecule has 228 valence electrons. The number of hydrogen-bond donors (Lipinski definition) is 1. The second-order valence-corrected chi connectivity index (χ2v) is 12.7. The van der Waals surface area contributed by atoms with E-state index in [2.05, 4.69) is 6.58 Å². The molecule has 1 aromatic rings. The van der Waals surface area contributed by atoms with Crippen LogP contribution in [0.3, 0.4) is 0 Å². The molecule has 0 aliphatic heterocycles. The van der Waals surface area contributed by atoms with Crippen molar-refractivity contribution in [2.45, 2.75) is 98.2 Å². The van der Waals surface area contributed by atoms with Crippen molar-refractivity contribution in [3.8, 4) is 0 Å². The van der Waals surface area contributed by atoms with Gasteiger partial charge in [-0.2, -0.15) is 0 Å². The summed E-state index contributed by atoms with van der Waals surface area (Å²) in [5, 5.41) is 11.3. The zero-order chi connectivity index (χ0) is 31.1. The minimum Gasteiger partial charge on any atom is -0.462 e.